The number of anilines is 1. The van der Waals surface area contributed by atoms with Gasteiger partial charge in [-0.15, -0.1) is 0 Å². The predicted molar refractivity (Wildman–Crippen MR) is 121 cm³/mol. The van der Waals surface area contributed by atoms with Gasteiger partial charge in [-0.3, -0.25) is 4.90 Å². The molecule has 2 aromatic rings. The molecule has 2 heterocycles. The van der Waals surface area contributed by atoms with Crippen molar-refractivity contribution in [3.05, 3.63) is 52.7 Å². The minimum Gasteiger partial charge on any atom is -0.389 e. The van der Waals surface area contributed by atoms with Gasteiger partial charge in [0, 0.05) is 57.0 Å². The molecule has 0 unspecified atom stereocenters. The summed E-state index contributed by atoms with van der Waals surface area (Å²) >= 11 is 0. The van der Waals surface area contributed by atoms with Crippen LogP contribution in [0.25, 0.3) is 0 Å². The van der Waals surface area contributed by atoms with E-state index in [2.05, 4.69) is 28.6 Å². The maximum Gasteiger partial charge on any atom is 0.136 e. The predicted octanol–water partition coefficient (Wildman–Crippen LogP) is 2.98. The molecule has 0 aliphatic carbocycles. The molecule has 1 fully saturated rings. The lowest BCUT2D eigenvalue weighted by molar-refractivity contribution is 0.00745. The molecule has 31 heavy (non-hydrogen) atoms. The van der Waals surface area contributed by atoms with E-state index in [-0.39, 0.29) is 5.82 Å². The summed E-state index contributed by atoms with van der Waals surface area (Å²) in [6, 6.07) is 6.88. The first kappa shape index (κ1) is 23.6. The zero-order valence-electron chi connectivity index (χ0n) is 19.1. The largest absolute Gasteiger partial charge is 0.389 e. The molecule has 1 aromatic heterocycles. The number of halogens is 1. The minimum absolute atomic E-state index is 0.202. The van der Waals surface area contributed by atoms with Crippen LogP contribution in [-0.4, -0.2) is 72.0 Å². The SMILES string of the molecule is Cc1nc(C)c(Cc2ccccc2F)c(N2CCN(C[C@H](O)COCC(C)C)CC2)n1. The number of benzene rings is 1. The van der Waals surface area contributed by atoms with Gasteiger partial charge in [0.1, 0.15) is 17.5 Å². The van der Waals surface area contributed by atoms with Gasteiger partial charge in [-0.05, 0) is 31.4 Å². The fourth-order valence-electron chi connectivity index (χ4n) is 3.95. The Morgan fingerprint density at radius 3 is 2.45 bits per heavy atom. The van der Waals surface area contributed by atoms with Gasteiger partial charge in [0.25, 0.3) is 0 Å². The lowest BCUT2D eigenvalue weighted by atomic mass is 10.0. The van der Waals surface area contributed by atoms with E-state index in [1.54, 1.807) is 6.07 Å². The molecule has 1 aliphatic rings. The molecular formula is C24H35FN4O2. The number of β-amino-alcohol motifs (C(OH)–C–C–N with tert-alkyl or cyclic N) is 1. The second kappa shape index (κ2) is 11.0. The first-order valence-corrected chi connectivity index (χ1v) is 11.1. The Balaban J connectivity index is 1.64. The summed E-state index contributed by atoms with van der Waals surface area (Å²) < 4.78 is 19.8. The van der Waals surface area contributed by atoms with Gasteiger partial charge in [0.2, 0.25) is 0 Å². The third-order valence-corrected chi connectivity index (χ3v) is 5.53. The molecule has 7 heteroatoms. The molecule has 0 saturated carbocycles. The summed E-state index contributed by atoms with van der Waals surface area (Å²) in [7, 11) is 0. The van der Waals surface area contributed by atoms with Gasteiger partial charge in [0.15, 0.2) is 0 Å². The van der Waals surface area contributed by atoms with Crippen LogP contribution in [0.2, 0.25) is 0 Å². The highest BCUT2D eigenvalue weighted by molar-refractivity contribution is 5.51. The average molecular weight is 431 g/mol. The molecule has 1 atom stereocenters. The van der Waals surface area contributed by atoms with Gasteiger partial charge < -0.3 is 14.7 Å². The number of aryl methyl sites for hydroxylation is 2. The summed E-state index contributed by atoms with van der Waals surface area (Å²) in [6.07, 6.45) is -0.00860. The molecule has 0 amide bonds. The Morgan fingerprint density at radius 1 is 1.06 bits per heavy atom. The number of aromatic nitrogens is 2. The number of piperazine rings is 1. The summed E-state index contributed by atoms with van der Waals surface area (Å²) in [6.45, 7) is 13.0. The highest BCUT2D eigenvalue weighted by Gasteiger charge is 2.24. The smallest absolute Gasteiger partial charge is 0.136 e. The topological polar surface area (TPSA) is 61.7 Å². The van der Waals surface area contributed by atoms with Crippen LogP contribution in [0.15, 0.2) is 24.3 Å². The first-order valence-electron chi connectivity index (χ1n) is 11.1. The Kier molecular flexibility index (Phi) is 8.35. The van der Waals surface area contributed by atoms with E-state index in [9.17, 15) is 9.50 Å². The summed E-state index contributed by atoms with van der Waals surface area (Å²) in [5.41, 5.74) is 2.53. The standard InChI is InChI=1S/C24H35FN4O2/c1-17(2)15-31-16-21(30)14-28-9-11-29(12-10-28)24-22(18(3)26-19(4)27-24)13-20-7-5-6-8-23(20)25/h5-8,17,21,30H,9-16H2,1-4H3/t21-/m0/s1. The number of hydrogen-bond donors (Lipinski definition) is 1. The van der Waals surface area contributed by atoms with E-state index >= 15 is 0 Å². The van der Waals surface area contributed by atoms with Crippen molar-refractivity contribution in [3.8, 4) is 0 Å². The van der Waals surface area contributed by atoms with E-state index < -0.39 is 6.10 Å². The number of hydrogen-bond acceptors (Lipinski definition) is 6. The molecule has 0 bridgehead atoms. The molecule has 3 rings (SSSR count). The highest BCUT2D eigenvalue weighted by Crippen LogP contribution is 2.26. The summed E-state index contributed by atoms with van der Waals surface area (Å²) in [5, 5.41) is 10.3. The average Bonchev–Trinajstić information content (AvgIpc) is 2.71. The van der Waals surface area contributed by atoms with Crippen LogP contribution in [0.5, 0.6) is 0 Å². The van der Waals surface area contributed by atoms with Crippen molar-refractivity contribution in [3.63, 3.8) is 0 Å². The molecule has 1 aliphatic heterocycles. The van der Waals surface area contributed by atoms with E-state index in [0.717, 1.165) is 49.1 Å². The van der Waals surface area contributed by atoms with Crippen molar-refractivity contribution in [1.29, 1.82) is 0 Å². The maximum absolute atomic E-state index is 14.3. The van der Waals surface area contributed by atoms with Gasteiger partial charge >= 0.3 is 0 Å². The second-order valence-electron chi connectivity index (χ2n) is 8.80. The van der Waals surface area contributed by atoms with E-state index in [1.807, 2.05) is 26.0 Å². The Hall–Kier alpha value is -2.09. The third kappa shape index (κ3) is 6.69. The van der Waals surface area contributed by atoms with Crippen LogP contribution in [0.3, 0.4) is 0 Å². The molecule has 1 N–H and O–H groups in total. The van der Waals surface area contributed by atoms with E-state index in [4.69, 9.17) is 9.72 Å². The van der Waals surface area contributed by atoms with Gasteiger partial charge in [-0.1, -0.05) is 32.0 Å². The number of nitrogens with zero attached hydrogens (tertiary/aromatic N) is 4. The minimum atomic E-state index is -0.481. The van der Waals surface area contributed by atoms with Crippen molar-refractivity contribution >= 4 is 5.82 Å². The fourth-order valence-corrected chi connectivity index (χ4v) is 3.95. The fraction of sp³-hybridized carbons (Fsp3) is 0.583. The van der Waals surface area contributed by atoms with Crippen LogP contribution in [0.1, 0.15) is 36.5 Å². The van der Waals surface area contributed by atoms with Crippen molar-refractivity contribution in [2.24, 2.45) is 5.92 Å². The lowest BCUT2D eigenvalue weighted by Gasteiger charge is -2.37. The summed E-state index contributed by atoms with van der Waals surface area (Å²) in [4.78, 5) is 13.8. The van der Waals surface area contributed by atoms with E-state index in [0.29, 0.717) is 37.7 Å². The third-order valence-electron chi connectivity index (χ3n) is 5.53. The summed E-state index contributed by atoms with van der Waals surface area (Å²) in [5.74, 6) is 1.89. The van der Waals surface area contributed by atoms with Crippen LogP contribution >= 0.6 is 0 Å². The van der Waals surface area contributed by atoms with Crippen LogP contribution in [0.4, 0.5) is 10.2 Å². The van der Waals surface area contributed by atoms with Crippen molar-refractivity contribution in [2.45, 2.75) is 40.2 Å². The number of rotatable bonds is 9. The normalized spacial score (nSPS) is 16.2. The molecule has 0 radical (unpaired) electrons. The molecule has 1 saturated heterocycles. The first-order chi connectivity index (χ1) is 14.8. The quantitative estimate of drug-likeness (QED) is 0.660. The number of aliphatic hydroxyl groups excluding tert-OH is 1. The maximum atomic E-state index is 14.3. The van der Waals surface area contributed by atoms with Gasteiger partial charge in [-0.25, -0.2) is 14.4 Å². The monoisotopic (exact) mass is 430 g/mol. The van der Waals surface area contributed by atoms with Crippen molar-refractivity contribution in [2.75, 3.05) is 50.8 Å². The van der Waals surface area contributed by atoms with Gasteiger partial charge in [0.05, 0.1) is 12.7 Å². The Morgan fingerprint density at radius 2 is 1.77 bits per heavy atom. The van der Waals surface area contributed by atoms with Gasteiger partial charge in [-0.2, -0.15) is 0 Å². The number of aliphatic hydroxyl groups is 1. The molecular weight excluding hydrogens is 395 g/mol. The number of ether oxygens (including phenoxy) is 1. The molecule has 0 spiro atoms. The van der Waals surface area contributed by atoms with Crippen molar-refractivity contribution in [1.82, 2.24) is 14.9 Å². The van der Waals surface area contributed by atoms with Crippen LogP contribution < -0.4 is 4.90 Å². The Bertz CT molecular complexity index is 853. The second-order valence-corrected chi connectivity index (χ2v) is 8.80. The lowest BCUT2D eigenvalue weighted by Crippen LogP contribution is -2.49. The Labute approximate surface area is 185 Å². The van der Waals surface area contributed by atoms with Crippen LogP contribution in [-0.2, 0) is 11.2 Å². The zero-order chi connectivity index (χ0) is 22.4. The highest BCUT2D eigenvalue weighted by atomic mass is 19.1. The van der Waals surface area contributed by atoms with Crippen molar-refractivity contribution < 1.29 is 14.2 Å². The molecule has 6 nitrogen and oxygen atoms in total. The van der Waals surface area contributed by atoms with Crippen LogP contribution in [0, 0.1) is 25.6 Å². The molecule has 1 aromatic carbocycles. The molecule has 170 valence electrons. The zero-order valence-corrected chi connectivity index (χ0v) is 19.1. The van der Waals surface area contributed by atoms with E-state index in [1.165, 1.54) is 6.07 Å².